The van der Waals surface area contributed by atoms with Crippen molar-refractivity contribution in [1.82, 2.24) is 25.0 Å². The van der Waals surface area contributed by atoms with Crippen molar-refractivity contribution in [2.24, 2.45) is 11.7 Å². The molecule has 146 valence electrons. The van der Waals surface area contributed by atoms with Gasteiger partial charge in [0.25, 0.3) is 5.91 Å². The van der Waals surface area contributed by atoms with Gasteiger partial charge in [0.15, 0.2) is 0 Å². The Balaban J connectivity index is 0.00000338. The van der Waals surface area contributed by atoms with Crippen LogP contribution >= 0.6 is 12.4 Å². The Kier molecular flexibility index (Phi) is 7.97. The van der Waals surface area contributed by atoms with Gasteiger partial charge in [0, 0.05) is 13.1 Å². The number of rotatable bonds is 5. The Hall–Kier alpha value is -2.20. The Bertz CT molecular complexity index is 646. The van der Waals surface area contributed by atoms with Crippen molar-refractivity contribution in [3.05, 3.63) is 5.82 Å². The lowest BCUT2D eigenvalue weighted by molar-refractivity contribution is -0.142. The second-order valence-electron chi connectivity index (χ2n) is 5.97. The van der Waals surface area contributed by atoms with E-state index >= 15 is 0 Å². The first-order chi connectivity index (χ1) is 11.9. The van der Waals surface area contributed by atoms with Gasteiger partial charge in [0.2, 0.25) is 5.95 Å². The molecular weight excluding hydrogens is 362 g/mol. The van der Waals surface area contributed by atoms with Crippen molar-refractivity contribution in [3.63, 3.8) is 0 Å². The summed E-state index contributed by atoms with van der Waals surface area (Å²) in [5.74, 6) is 0.259. The monoisotopic (exact) mass is 387 g/mol. The van der Waals surface area contributed by atoms with Crippen LogP contribution in [0, 0.1) is 12.8 Å². The van der Waals surface area contributed by atoms with Gasteiger partial charge >= 0.3 is 12.0 Å². The van der Waals surface area contributed by atoms with E-state index in [0.29, 0.717) is 25.3 Å². The Morgan fingerprint density at radius 2 is 1.92 bits per heavy atom. The van der Waals surface area contributed by atoms with E-state index in [0.717, 1.165) is 6.42 Å². The van der Waals surface area contributed by atoms with Crippen LogP contribution < -0.4 is 15.8 Å². The molecule has 3 amide bonds. The van der Waals surface area contributed by atoms with Gasteiger partial charge in [0.05, 0.1) is 13.2 Å². The quantitative estimate of drug-likeness (QED) is 0.770. The summed E-state index contributed by atoms with van der Waals surface area (Å²) in [6.45, 7) is 6.43. The van der Waals surface area contributed by atoms with Crippen molar-refractivity contribution >= 4 is 30.3 Å². The Morgan fingerprint density at radius 1 is 1.27 bits per heavy atom. The fourth-order valence-electron chi connectivity index (χ4n) is 2.49. The van der Waals surface area contributed by atoms with Crippen molar-refractivity contribution in [2.75, 3.05) is 25.5 Å². The van der Waals surface area contributed by atoms with Crippen LogP contribution in [0.15, 0.2) is 0 Å². The highest BCUT2D eigenvalue weighted by atomic mass is 35.5. The van der Waals surface area contributed by atoms with E-state index in [1.807, 2.05) is 13.8 Å². The maximum absolute atomic E-state index is 12.6. The van der Waals surface area contributed by atoms with Crippen LogP contribution in [0.4, 0.5) is 10.7 Å². The minimum absolute atomic E-state index is 0. The summed E-state index contributed by atoms with van der Waals surface area (Å²) < 4.78 is 4.96. The zero-order valence-electron chi connectivity index (χ0n) is 15.4. The average Bonchev–Trinajstić information content (AvgIpc) is 3.08. The Morgan fingerprint density at radius 3 is 2.54 bits per heavy atom. The van der Waals surface area contributed by atoms with Crippen molar-refractivity contribution in [3.8, 4) is 6.01 Å². The largest absolute Gasteiger partial charge is 0.467 e. The van der Waals surface area contributed by atoms with Gasteiger partial charge in [-0.05, 0) is 19.3 Å². The molecule has 0 aromatic carbocycles. The van der Waals surface area contributed by atoms with Crippen molar-refractivity contribution in [1.29, 1.82) is 0 Å². The molecule has 1 aromatic rings. The van der Waals surface area contributed by atoms with Crippen LogP contribution in [0.2, 0.25) is 0 Å². The van der Waals surface area contributed by atoms with Gasteiger partial charge in [-0.25, -0.2) is 14.8 Å². The molecule has 0 bridgehead atoms. The summed E-state index contributed by atoms with van der Waals surface area (Å²) in [6.07, 6.45) is 1.48. The molecule has 0 aliphatic carbocycles. The zero-order chi connectivity index (χ0) is 18.6. The molecule has 26 heavy (non-hydrogen) atoms. The number of anilines is 1. The van der Waals surface area contributed by atoms with Crippen molar-refractivity contribution in [2.45, 2.75) is 39.7 Å². The Labute approximate surface area is 158 Å². The van der Waals surface area contributed by atoms with Crippen LogP contribution in [0.25, 0.3) is 0 Å². The zero-order valence-corrected chi connectivity index (χ0v) is 16.2. The first-order valence-corrected chi connectivity index (χ1v) is 8.29. The van der Waals surface area contributed by atoms with E-state index in [9.17, 15) is 9.59 Å². The lowest BCUT2D eigenvalue weighted by Gasteiger charge is -2.31. The minimum Gasteiger partial charge on any atom is -0.467 e. The number of ether oxygens (including phenoxy) is 1. The van der Waals surface area contributed by atoms with E-state index in [-0.39, 0.29) is 36.2 Å². The standard InChI is InChI=1S/C15H25N7O3.ClH/c1-5-9(2)11(16)12(23)21-7-6-8-22(21)15(24)20-13-17-10(3)18-14(19-13)25-4;/h9,11H,5-8,16H2,1-4H3,(H,17,18,19,20,24);1H. The lowest BCUT2D eigenvalue weighted by Crippen LogP contribution is -2.54. The second kappa shape index (κ2) is 9.48. The number of carbonyl (C=O) groups excluding carboxylic acids is 2. The van der Waals surface area contributed by atoms with E-state index in [1.54, 1.807) is 6.92 Å². The molecule has 1 saturated heterocycles. The van der Waals surface area contributed by atoms with Gasteiger partial charge in [-0.1, -0.05) is 20.3 Å². The summed E-state index contributed by atoms with van der Waals surface area (Å²) in [7, 11) is 1.43. The first-order valence-electron chi connectivity index (χ1n) is 8.29. The maximum Gasteiger partial charge on any atom is 0.343 e. The number of amides is 3. The predicted octanol–water partition coefficient (Wildman–Crippen LogP) is 0.965. The number of halogens is 1. The van der Waals surface area contributed by atoms with Crippen LogP contribution in [0.5, 0.6) is 6.01 Å². The number of methoxy groups -OCH3 is 1. The third-order valence-corrected chi connectivity index (χ3v) is 4.19. The fraction of sp³-hybridized carbons (Fsp3) is 0.667. The molecule has 10 nitrogen and oxygen atoms in total. The minimum atomic E-state index is -0.641. The molecule has 3 N–H and O–H groups in total. The number of urea groups is 1. The number of aromatic nitrogens is 3. The molecule has 1 aromatic heterocycles. The molecule has 0 saturated carbocycles. The normalized spacial score (nSPS) is 15.9. The molecule has 2 rings (SSSR count). The third kappa shape index (κ3) is 4.92. The molecular formula is C15H26ClN7O3. The number of hydrazine groups is 1. The number of nitrogens with one attached hydrogen (secondary N) is 1. The maximum atomic E-state index is 12.6. The van der Waals surface area contributed by atoms with Gasteiger partial charge in [-0.15, -0.1) is 12.4 Å². The number of hydrogen-bond donors (Lipinski definition) is 2. The number of hydrogen-bond acceptors (Lipinski definition) is 7. The molecule has 1 aliphatic heterocycles. The van der Waals surface area contributed by atoms with E-state index in [2.05, 4.69) is 20.3 Å². The molecule has 0 radical (unpaired) electrons. The fourth-order valence-corrected chi connectivity index (χ4v) is 2.49. The number of carbonyl (C=O) groups is 2. The first kappa shape index (κ1) is 21.8. The van der Waals surface area contributed by atoms with E-state index < -0.39 is 12.1 Å². The van der Waals surface area contributed by atoms with Gasteiger partial charge in [-0.2, -0.15) is 15.0 Å². The predicted molar refractivity (Wildman–Crippen MR) is 97.8 cm³/mol. The molecule has 2 unspecified atom stereocenters. The second-order valence-corrected chi connectivity index (χ2v) is 5.97. The summed E-state index contributed by atoms with van der Waals surface area (Å²) >= 11 is 0. The van der Waals surface area contributed by atoms with E-state index in [1.165, 1.54) is 17.1 Å². The summed E-state index contributed by atoms with van der Waals surface area (Å²) in [6, 6.07) is -1.02. The van der Waals surface area contributed by atoms with Crippen molar-refractivity contribution < 1.29 is 14.3 Å². The number of nitrogens with zero attached hydrogens (tertiary/aromatic N) is 5. The topological polar surface area (TPSA) is 127 Å². The van der Waals surface area contributed by atoms with Crippen LogP contribution in [-0.2, 0) is 4.79 Å². The van der Waals surface area contributed by atoms with Crippen LogP contribution in [-0.4, -0.2) is 63.1 Å². The highest BCUT2D eigenvalue weighted by molar-refractivity contribution is 5.91. The number of nitrogens with two attached hydrogens (primary N) is 1. The van der Waals surface area contributed by atoms with E-state index in [4.69, 9.17) is 10.5 Å². The summed E-state index contributed by atoms with van der Waals surface area (Å²) in [5, 5.41) is 5.32. The van der Waals surface area contributed by atoms with Crippen LogP contribution in [0.1, 0.15) is 32.5 Å². The molecule has 11 heteroatoms. The summed E-state index contributed by atoms with van der Waals surface area (Å²) in [5.41, 5.74) is 6.02. The SMILES string of the molecule is CCC(C)C(N)C(=O)N1CCCN1C(=O)Nc1nc(C)nc(OC)n1.Cl. The van der Waals surface area contributed by atoms with Gasteiger partial charge in [-0.3, -0.25) is 10.1 Å². The summed E-state index contributed by atoms with van der Waals surface area (Å²) in [4.78, 5) is 37.1. The lowest BCUT2D eigenvalue weighted by atomic mass is 9.99. The highest BCUT2D eigenvalue weighted by Crippen LogP contribution is 2.17. The van der Waals surface area contributed by atoms with Gasteiger partial charge < -0.3 is 10.5 Å². The molecule has 0 spiro atoms. The number of aryl methyl sites for hydroxylation is 1. The molecule has 1 fully saturated rings. The molecule has 2 heterocycles. The van der Waals surface area contributed by atoms with Crippen LogP contribution in [0.3, 0.4) is 0 Å². The van der Waals surface area contributed by atoms with Gasteiger partial charge in [0.1, 0.15) is 5.82 Å². The molecule has 1 aliphatic rings. The molecule has 2 atom stereocenters. The smallest absolute Gasteiger partial charge is 0.343 e. The highest BCUT2D eigenvalue weighted by Gasteiger charge is 2.35. The third-order valence-electron chi connectivity index (χ3n) is 4.19. The average molecular weight is 388 g/mol.